The molecule has 4 heterocycles. The molecule has 2 fully saturated rings. The molecule has 0 aliphatic carbocycles. The van der Waals surface area contributed by atoms with Crippen LogP contribution in [0.5, 0.6) is 0 Å². The highest BCUT2D eigenvalue weighted by Crippen LogP contribution is 2.23. The van der Waals surface area contributed by atoms with Crippen molar-refractivity contribution in [3.63, 3.8) is 0 Å². The van der Waals surface area contributed by atoms with Crippen molar-refractivity contribution in [2.24, 2.45) is 12.0 Å². The summed E-state index contributed by atoms with van der Waals surface area (Å²) in [5, 5.41) is 7.64. The number of carbonyl (C=O) groups is 1. The number of anilines is 1. The zero-order chi connectivity index (χ0) is 21.8. The van der Waals surface area contributed by atoms with Crippen LogP contribution in [0.3, 0.4) is 0 Å². The molecule has 0 saturated carbocycles. The fourth-order valence-corrected chi connectivity index (χ4v) is 4.13. The molecule has 0 bridgehead atoms. The van der Waals surface area contributed by atoms with Gasteiger partial charge in [-0.1, -0.05) is 0 Å². The Morgan fingerprint density at radius 3 is 2.68 bits per heavy atom. The monoisotopic (exact) mass is 429 g/mol. The molecular formula is C21H31N7O3. The minimum absolute atomic E-state index is 0.0357. The summed E-state index contributed by atoms with van der Waals surface area (Å²) in [4.78, 5) is 23.4. The van der Waals surface area contributed by atoms with E-state index in [0.29, 0.717) is 19.6 Å². The molecule has 2 aromatic rings. The van der Waals surface area contributed by atoms with Crippen molar-refractivity contribution in [2.45, 2.75) is 13.0 Å². The maximum atomic E-state index is 12.8. The van der Waals surface area contributed by atoms with Crippen LogP contribution >= 0.6 is 0 Å². The Balaban J connectivity index is 1.40. The molecule has 2 aliphatic heterocycles. The Morgan fingerprint density at radius 2 is 2.06 bits per heavy atom. The third-order valence-corrected chi connectivity index (χ3v) is 5.76. The fourth-order valence-electron chi connectivity index (χ4n) is 4.13. The summed E-state index contributed by atoms with van der Waals surface area (Å²) < 4.78 is 13.2. The van der Waals surface area contributed by atoms with Crippen LogP contribution in [0.1, 0.15) is 17.6 Å². The van der Waals surface area contributed by atoms with Crippen LogP contribution < -0.4 is 10.2 Å². The van der Waals surface area contributed by atoms with Crippen molar-refractivity contribution in [3.05, 3.63) is 36.0 Å². The second-order valence-corrected chi connectivity index (χ2v) is 7.88. The van der Waals surface area contributed by atoms with Crippen molar-refractivity contribution < 1.29 is 13.9 Å². The number of carbonyl (C=O) groups excluding carboxylic acids is 1. The van der Waals surface area contributed by atoms with Gasteiger partial charge in [0.25, 0.3) is 0 Å². The van der Waals surface area contributed by atoms with Crippen LogP contribution in [-0.4, -0.2) is 91.0 Å². The van der Waals surface area contributed by atoms with E-state index in [9.17, 15) is 4.79 Å². The molecule has 1 unspecified atom stereocenters. The smallest absolute Gasteiger partial charge is 0.246 e. The number of nitrogens with zero attached hydrogens (tertiary/aromatic N) is 6. The largest absolute Gasteiger partial charge is 0.465 e. The van der Waals surface area contributed by atoms with Gasteiger partial charge in [-0.2, -0.15) is 5.10 Å². The van der Waals surface area contributed by atoms with E-state index < -0.39 is 0 Å². The lowest BCUT2D eigenvalue weighted by Crippen LogP contribution is -2.56. The second kappa shape index (κ2) is 9.52. The van der Waals surface area contributed by atoms with Crippen molar-refractivity contribution >= 4 is 17.6 Å². The lowest BCUT2D eigenvalue weighted by molar-refractivity contribution is -0.120. The molecular weight excluding hydrogens is 398 g/mol. The molecule has 31 heavy (non-hydrogen) atoms. The number of hydrogen-bond acceptors (Lipinski definition) is 6. The fraction of sp³-hybridized carbons (Fsp3) is 0.571. The van der Waals surface area contributed by atoms with Crippen LogP contribution in [0.25, 0.3) is 0 Å². The van der Waals surface area contributed by atoms with Gasteiger partial charge in [-0.15, -0.1) is 0 Å². The number of aliphatic imine (C=N–C) groups is 1. The predicted molar refractivity (Wildman–Crippen MR) is 117 cm³/mol. The first-order chi connectivity index (χ1) is 15.0. The van der Waals surface area contributed by atoms with Crippen molar-refractivity contribution in [1.82, 2.24) is 24.9 Å². The SMILES string of the molecule is CN=C(NCC(c1ccc(C)o1)N1CCOCC1)N1CCN(c2cnn(C)c2)C(=O)C1. The number of ether oxygens (including phenoxy) is 1. The maximum Gasteiger partial charge on any atom is 0.246 e. The van der Waals surface area contributed by atoms with E-state index in [0.717, 1.165) is 49.5 Å². The molecule has 1 atom stereocenters. The molecule has 0 spiro atoms. The molecule has 2 aliphatic rings. The summed E-state index contributed by atoms with van der Waals surface area (Å²) in [5.41, 5.74) is 0.829. The number of aromatic nitrogens is 2. The first-order valence-electron chi connectivity index (χ1n) is 10.7. The van der Waals surface area contributed by atoms with Crippen LogP contribution in [-0.2, 0) is 16.6 Å². The summed E-state index contributed by atoms with van der Waals surface area (Å²) in [6.07, 6.45) is 3.58. The number of morpholine rings is 1. The normalized spacial score (nSPS) is 19.7. The van der Waals surface area contributed by atoms with Gasteiger partial charge in [0.2, 0.25) is 5.91 Å². The molecule has 10 nitrogen and oxygen atoms in total. The average molecular weight is 430 g/mol. The van der Waals surface area contributed by atoms with Gasteiger partial charge < -0.3 is 24.3 Å². The first-order valence-corrected chi connectivity index (χ1v) is 10.7. The Labute approximate surface area is 182 Å². The van der Waals surface area contributed by atoms with Crippen LogP contribution in [0.4, 0.5) is 5.69 Å². The van der Waals surface area contributed by atoms with Crippen molar-refractivity contribution in [3.8, 4) is 0 Å². The maximum absolute atomic E-state index is 12.8. The van der Waals surface area contributed by atoms with Gasteiger partial charge in [0.05, 0.1) is 31.1 Å². The molecule has 0 radical (unpaired) electrons. The molecule has 10 heteroatoms. The number of furan rings is 1. The summed E-state index contributed by atoms with van der Waals surface area (Å²) in [6, 6.07) is 4.10. The third-order valence-electron chi connectivity index (χ3n) is 5.76. The molecule has 2 saturated heterocycles. The number of rotatable bonds is 5. The van der Waals surface area contributed by atoms with Crippen LogP contribution in [0.15, 0.2) is 33.9 Å². The summed E-state index contributed by atoms with van der Waals surface area (Å²) in [5.74, 6) is 2.59. The Hall–Kier alpha value is -2.85. The standard InChI is InChI=1S/C21H31N7O3/c1-16-4-5-19(31-16)18(26-8-10-30-11-9-26)13-23-21(22-2)27-6-7-28(20(29)15-27)17-12-24-25(3)14-17/h4-5,12,14,18H,6-11,13,15H2,1-3H3,(H,22,23). The molecule has 168 valence electrons. The van der Waals surface area contributed by atoms with Gasteiger partial charge in [-0.05, 0) is 19.1 Å². The number of aryl methyl sites for hydroxylation is 2. The number of amides is 1. The number of guanidine groups is 1. The molecule has 0 aromatic carbocycles. The minimum Gasteiger partial charge on any atom is -0.465 e. The number of piperazine rings is 1. The van der Waals surface area contributed by atoms with Gasteiger partial charge in [0.1, 0.15) is 18.1 Å². The van der Waals surface area contributed by atoms with E-state index in [4.69, 9.17) is 9.15 Å². The van der Waals surface area contributed by atoms with E-state index in [1.54, 1.807) is 22.8 Å². The number of nitrogens with one attached hydrogen (secondary N) is 1. The lowest BCUT2D eigenvalue weighted by atomic mass is 10.1. The van der Waals surface area contributed by atoms with E-state index in [1.165, 1.54) is 0 Å². The van der Waals surface area contributed by atoms with Crippen molar-refractivity contribution in [2.75, 3.05) is 64.4 Å². The van der Waals surface area contributed by atoms with E-state index in [2.05, 4.69) is 20.3 Å². The summed E-state index contributed by atoms with van der Waals surface area (Å²) in [7, 11) is 3.60. The van der Waals surface area contributed by atoms with E-state index in [1.807, 2.05) is 37.2 Å². The van der Waals surface area contributed by atoms with E-state index in [-0.39, 0.29) is 18.5 Å². The molecule has 1 amide bonds. The quantitative estimate of drug-likeness (QED) is 0.550. The molecule has 1 N–H and O–H groups in total. The Bertz CT molecular complexity index is 916. The van der Waals surface area contributed by atoms with Gasteiger partial charge in [0, 0.05) is 53.0 Å². The minimum atomic E-state index is 0.0357. The predicted octanol–water partition coefficient (Wildman–Crippen LogP) is 0.619. The second-order valence-electron chi connectivity index (χ2n) is 7.88. The molecule has 4 rings (SSSR count). The Morgan fingerprint density at radius 1 is 1.26 bits per heavy atom. The van der Waals surface area contributed by atoms with Crippen LogP contribution in [0, 0.1) is 6.92 Å². The average Bonchev–Trinajstić information content (AvgIpc) is 3.40. The first kappa shape index (κ1) is 21.4. The van der Waals surface area contributed by atoms with Crippen LogP contribution in [0.2, 0.25) is 0 Å². The Kier molecular flexibility index (Phi) is 6.57. The van der Waals surface area contributed by atoms with Crippen molar-refractivity contribution in [1.29, 1.82) is 0 Å². The van der Waals surface area contributed by atoms with E-state index >= 15 is 0 Å². The third kappa shape index (κ3) is 4.91. The summed E-state index contributed by atoms with van der Waals surface area (Å²) >= 11 is 0. The zero-order valence-electron chi connectivity index (χ0n) is 18.5. The summed E-state index contributed by atoms with van der Waals surface area (Å²) in [6.45, 7) is 7.30. The van der Waals surface area contributed by atoms with Gasteiger partial charge in [-0.3, -0.25) is 19.4 Å². The zero-order valence-corrected chi connectivity index (χ0v) is 18.5. The van der Waals surface area contributed by atoms with Gasteiger partial charge in [0.15, 0.2) is 5.96 Å². The highest BCUT2D eigenvalue weighted by atomic mass is 16.5. The number of hydrogen-bond donors (Lipinski definition) is 1. The topological polar surface area (TPSA) is 91.4 Å². The highest BCUT2D eigenvalue weighted by molar-refractivity contribution is 5.98. The highest BCUT2D eigenvalue weighted by Gasteiger charge is 2.29. The van der Waals surface area contributed by atoms with Gasteiger partial charge in [-0.25, -0.2) is 0 Å². The van der Waals surface area contributed by atoms with Gasteiger partial charge >= 0.3 is 0 Å². The lowest BCUT2D eigenvalue weighted by Gasteiger charge is -2.37. The molecule has 2 aromatic heterocycles.